The summed E-state index contributed by atoms with van der Waals surface area (Å²) in [6, 6.07) is 17.6. The van der Waals surface area contributed by atoms with Crippen LogP contribution in [0.3, 0.4) is 0 Å². The summed E-state index contributed by atoms with van der Waals surface area (Å²) in [6.45, 7) is 0.647. The van der Waals surface area contributed by atoms with Crippen LogP contribution in [-0.2, 0) is 0 Å². The van der Waals surface area contributed by atoms with Gasteiger partial charge in [-0.15, -0.1) is 0 Å². The molecule has 0 bridgehead atoms. The van der Waals surface area contributed by atoms with E-state index in [1.165, 1.54) is 0 Å². The normalized spacial score (nSPS) is 17.9. The molecule has 102 valence electrons. The Bertz CT molecular complexity index is 596. The zero-order valence-electron chi connectivity index (χ0n) is 11.2. The number of hydrogen-bond acceptors (Lipinski definition) is 2. The summed E-state index contributed by atoms with van der Waals surface area (Å²) >= 11 is 0. The van der Waals surface area contributed by atoms with E-state index in [0.29, 0.717) is 6.54 Å². The smallest absolute Gasteiger partial charge is 0.317 e. The second kappa shape index (κ2) is 5.25. The molecule has 1 saturated heterocycles. The quantitative estimate of drug-likeness (QED) is 0.929. The average Bonchev–Trinajstić information content (AvgIpc) is 2.81. The zero-order valence-corrected chi connectivity index (χ0v) is 11.2. The van der Waals surface area contributed by atoms with E-state index in [-0.39, 0.29) is 12.1 Å². The van der Waals surface area contributed by atoms with Gasteiger partial charge in [0.2, 0.25) is 0 Å². The maximum atomic E-state index is 11.5. The third kappa shape index (κ3) is 2.45. The molecule has 0 aliphatic carbocycles. The molecule has 1 heterocycles. The van der Waals surface area contributed by atoms with Crippen molar-refractivity contribution in [1.82, 2.24) is 10.2 Å². The molecule has 2 aromatic carbocycles. The van der Waals surface area contributed by atoms with Gasteiger partial charge in [-0.3, -0.25) is 0 Å². The number of ether oxygens (including phenoxy) is 1. The summed E-state index contributed by atoms with van der Waals surface area (Å²) in [5.41, 5.74) is 1.10. The van der Waals surface area contributed by atoms with Crippen molar-refractivity contribution in [2.75, 3.05) is 13.6 Å². The lowest BCUT2D eigenvalue weighted by Gasteiger charge is -2.18. The highest BCUT2D eigenvalue weighted by Crippen LogP contribution is 2.26. The molecule has 1 aliphatic rings. The third-order valence-electron chi connectivity index (χ3n) is 3.48. The molecule has 4 heteroatoms. The number of carbonyl (C=O) groups excluding carboxylic acids is 1. The largest absolute Gasteiger partial charge is 0.457 e. The number of para-hydroxylation sites is 1. The van der Waals surface area contributed by atoms with Crippen LogP contribution in [0.25, 0.3) is 0 Å². The number of likely N-dealkylation sites (N-methyl/N-ethyl adjacent to an activating group) is 1. The Morgan fingerprint density at radius 2 is 1.70 bits per heavy atom. The van der Waals surface area contributed by atoms with E-state index in [1.54, 1.807) is 11.9 Å². The second-order valence-corrected chi connectivity index (χ2v) is 4.80. The fraction of sp³-hybridized carbons (Fsp3) is 0.188. The van der Waals surface area contributed by atoms with Crippen molar-refractivity contribution < 1.29 is 9.53 Å². The van der Waals surface area contributed by atoms with Crippen LogP contribution >= 0.6 is 0 Å². The molecule has 2 amide bonds. The first-order valence-corrected chi connectivity index (χ1v) is 6.57. The van der Waals surface area contributed by atoms with E-state index in [0.717, 1.165) is 17.1 Å². The number of rotatable bonds is 3. The zero-order chi connectivity index (χ0) is 13.9. The van der Waals surface area contributed by atoms with Gasteiger partial charge in [0.15, 0.2) is 0 Å². The Kier molecular flexibility index (Phi) is 3.29. The number of carbonyl (C=O) groups is 1. The molecule has 0 spiro atoms. The van der Waals surface area contributed by atoms with Gasteiger partial charge in [-0.1, -0.05) is 30.3 Å². The fourth-order valence-electron chi connectivity index (χ4n) is 2.31. The lowest BCUT2D eigenvalue weighted by Crippen LogP contribution is -2.25. The maximum absolute atomic E-state index is 11.5. The van der Waals surface area contributed by atoms with Crippen molar-refractivity contribution in [1.29, 1.82) is 0 Å². The van der Waals surface area contributed by atoms with Crippen molar-refractivity contribution in [2.45, 2.75) is 6.04 Å². The van der Waals surface area contributed by atoms with Crippen LogP contribution in [0, 0.1) is 0 Å². The minimum Gasteiger partial charge on any atom is -0.457 e. The van der Waals surface area contributed by atoms with Crippen molar-refractivity contribution >= 4 is 6.03 Å². The number of nitrogens with zero attached hydrogens (tertiary/aromatic N) is 1. The Balaban J connectivity index is 1.73. The Labute approximate surface area is 118 Å². The number of amides is 2. The highest BCUT2D eigenvalue weighted by Gasteiger charge is 2.28. The lowest BCUT2D eigenvalue weighted by atomic mass is 10.1. The number of urea groups is 1. The number of hydrogen-bond donors (Lipinski definition) is 1. The van der Waals surface area contributed by atoms with Crippen LogP contribution in [0.4, 0.5) is 4.79 Å². The molecule has 1 N–H and O–H groups in total. The average molecular weight is 268 g/mol. The van der Waals surface area contributed by atoms with E-state index < -0.39 is 0 Å². The van der Waals surface area contributed by atoms with Gasteiger partial charge in [-0.2, -0.15) is 0 Å². The van der Waals surface area contributed by atoms with Gasteiger partial charge in [0.25, 0.3) is 0 Å². The summed E-state index contributed by atoms with van der Waals surface area (Å²) in [5, 5.41) is 2.83. The first-order valence-electron chi connectivity index (χ1n) is 6.57. The maximum Gasteiger partial charge on any atom is 0.317 e. The monoisotopic (exact) mass is 268 g/mol. The molecule has 1 atom stereocenters. The van der Waals surface area contributed by atoms with E-state index in [2.05, 4.69) is 5.32 Å². The van der Waals surface area contributed by atoms with Crippen LogP contribution < -0.4 is 10.1 Å². The third-order valence-corrected chi connectivity index (χ3v) is 3.48. The van der Waals surface area contributed by atoms with Gasteiger partial charge in [0.05, 0.1) is 6.04 Å². The molecule has 1 unspecified atom stereocenters. The van der Waals surface area contributed by atoms with Crippen LogP contribution in [0.1, 0.15) is 11.6 Å². The number of benzene rings is 2. The second-order valence-electron chi connectivity index (χ2n) is 4.80. The fourth-order valence-corrected chi connectivity index (χ4v) is 2.31. The molecule has 20 heavy (non-hydrogen) atoms. The predicted octanol–water partition coefficient (Wildman–Crippen LogP) is 3.18. The van der Waals surface area contributed by atoms with Gasteiger partial charge in [-0.05, 0) is 29.8 Å². The van der Waals surface area contributed by atoms with Gasteiger partial charge in [0.1, 0.15) is 11.5 Å². The molecule has 3 rings (SSSR count). The van der Waals surface area contributed by atoms with E-state index in [4.69, 9.17) is 4.74 Å². The van der Waals surface area contributed by atoms with Gasteiger partial charge in [0, 0.05) is 13.6 Å². The predicted molar refractivity (Wildman–Crippen MR) is 76.9 cm³/mol. The minimum atomic E-state index is -0.0281. The molecule has 2 aromatic rings. The molecule has 4 nitrogen and oxygen atoms in total. The molecule has 0 saturated carbocycles. The van der Waals surface area contributed by atoms with Crippen molar-refractivity contribution in [3.8, 4) is 11.5 Å². The molecule has 1 fully saturated rings. The molecular formula is C16H16N2O2. The first-order chi connectivity index (χ1) is 9.74. The highest BCUT2D eigenvalue weighted by molar-refractivity contribution is 5.76. The van der Waals surface area contributed by atoms with E-state index in [1.807, 2.05) is 54.6 Å². The van der Waals surface area contributed by atoms with Crippen molar-refractivity contribution in [3.05, 3.63) is 60.2 Å². The van der Waals surface area contributed by atoms with Gasteiger partial charge >= 0.3 is 6.03 Å². The lowest BCUT2D eigenvalue weighted by molar-refractivity contribution is 0.217. The Morgan fingerprint density at radius 1 is 1.05 bits per heavy atom. The minimum absolute atomic E-state index is 0.0281. The van der Waals surface area contributed by atoms with Crippen LogP contribution in [-0.4, -0.2) is 24.5 Å². The summed E-state index contributed by atoms with van der Waals surface area (Å²) in [4.78, 5) is 13.2. The summed E-state index contributed by atoms with van der Waals surface area (Å²) in [7, 11) is 1.81. The van der Waals surface area contributed by atoms with E-state index in [9.17, 15) is 4.79 Å². The standard InChI is InChI=1S/C16H16N2O2/c1-18-15(11-17-16(18)19)12-7-9-14(10-8-12)20-13-5-3-2-4-6-13/h2-10,15H,11H2,1H3,(H,17,19). The topological polar surface area (TPSA) is 41.6 Å². The van der Waals surface area contributed by atoms with Crippen LogP contribution in [0.2, 0.25) is 0 Å². The van der Waals surface area contributed by atoms with Crippen molar-refractivity contribution in [2.24, 2.45) is 0 Å². The van der Waals surface area contributed by atoms with Gasteiger partial charge in [-0.25, -0.2) is 4.79 Å². The van der Waals surface area contributed by atoms with E-state index >= 15 is 0 Å². The summed E-state index contributed by atoms with van der Waals surface area (Å²) in [5.74, 6) is 1.61. The van der Waals surface area contributed by atoms with Crippen LogP contribution in [0.5, 0.6) is 11.5 Å². The molecule has 0 radical (unpaired) electrons. The van der Waals surface area contributed by atoms with Crippen molar-refractivity contribution in [3.63, 3.8) is 0 Å². The van der Waals surface area contributed by atoms with Crippen LogP contribution in [0.15, 0.2) is 54.6 Å². The number of nitrogens with one attached hydrogen (secondary N) is 1. The SMILES string of the molecule is CN1C(=O)NCC1c1ccc(Oc2ccccc2)cc1. The summed E-state index contributed by atoms with van der Waals surface area (Å²) < 4.78 is 5.75. The molecule has 0 aromatic heterocycles. The molecule has 1 aliphatic heterocycles. The Hall–Kier alpha value is -2.49. The summed E-state index contributed by atoms with van der Waals surface area (Å²) in [6.07, 6.45) is 0. The van der Waals surface area contributed by atoms with Gasteiger partial charge < -0.3 is 15.0 Å². The Morgan fingerprint density at radius 3 is 2.30 bits per heavy atom. The first kappa shape index (κ1) is 12.5. The molecular weight excluding hydrogens is 252 g/mol. The highest BCUT2D eigenvalue weighted by atomic mass is 16.5.